The summed E-state index contributed by atoms with van der Waals surface area (Å²) in [6, 6.07) is 15.0. The zero-order valence-electron chi connectivity index (χ0n) is 11.1. The molecule has 0 saturated heterocycles. The van der Waals surface area contributed by atoms with Crippen LogP contribution >= 0.6 is 0 Å². The van der Waals surface area contributed by atoms with Crippen LogP contribution in [0.4, 0.5) is 0 Å². The molecule has 0 radical (unpaired) electrons. The van der Waals surface area contributed by atoms with Crippen molar-refractivity contribution in [1.29, 1.82) is 0 Å². The third-order valence-corrected chi connectivity index (χ3v) is 3.04. The molecular weight excluding hydrogens is 252 g/mol. The fourth-order valence-corrected chi connectivity index (χ4v) is 1.97. The van der Waals surface area contributed by atoms with E-state index >= 15 is 0 Å². The summed E-state index contributed by atoms with van der Waals surface area (Å²) in [7, 11) is 0. The first-order valence-electron chi connectivity index (χ1n) is 6.38. The molecule has 0 unspecified atom stereocenters. The lowest BCUT2D eigenvalue weighted by atomic mass is 10.1. The van der Waals surface area contributed by atoms with Gasteiger partial charge in [-0.15, -0.1) is 0 Å². The molecule has 4 nitrogen and oxygen atoms in total. The van der Waals surface area contributed by atoms with E-state index in [0.29, 0.717) is 23.7 Å². The molecule has 3 aromatic rings. The van der Waals surface area contributed by atoms with Crippen molar-refractivity contribution >= 4 is 0 Å². The Bertz CT molecular complexity index is 717. The number of aromatic hydroxyl groups is 1. The van der Waals surface area contributed by atoms with Gasteiger partial charge >= 0.3 is 0 Å². The van der Waals surface area contributed by atoms with Gasteiger partial charge in [0.2, 0.25) is 0 Å². The first-order chi connectivity index (χ1) is 9.70. The van der Waals surface area contributed by atoms with Crippen LogP contribution in [-0.2, 0) is 6.42 Å². The van der Waals surface area contributed by atoms with Crippen LogP contribution < -0.4 is 0 Å². The van der Waals surface area contributed by atoms with E-state index in [2.05, 4.69) is 41.3 Å². The second-order valence-electron chi connectivity index (χ2n) is 4.73. The summed E-state index contributed by atoms with van der Waals surface area (Å²) >= 11 is 0. The Morgan fingerprint density at radius 3 is 2.65 bits per heavy atom. The molecule has 0 aliphatic rings. The van der Waals surface area contributed by atoms with Gasteiger partial charge in [0.05, 0.1) is 0 Å². The molecule has 0 aliphatic heterocycles. The molecule has 0 fully saturated rings. The Kier molecular flexibility index (Phi) is 3.21. The summed E-state index contributed by atoms with van der Waals surface area (Å²) in [5.41, 5.74) is 3.08. The zero-order chi connectivity index (χ0) is 13.9. The highest BCUT2D eigenvalue weighted by molar-refractivity contribution is 5.55. The number of benzene rings is 2. The van der Waals surface area contributed by atoms with Gasteiger partial charge in [-0.2, -0.15) is 4.98 Å². The summed E-state index contributed by atoms with van der Waals surface area (Å²) in [6.45, 7) is 2.05. The van der Waals surface area contributed by atoms with Crippen molar-refractivity contribution < 1.29 is 9.63 Å². The number of hydrogen-bond donors (Lipinski definition) is 1. The minimum absolute atomic E-state index is 0.181. The van der Waals surface area contributed by atoms with Crippen molar-refractivity contribution in [3.63, 3.8) is 0 Å². The lowest BCUT2D eigenvalue weighted by Gasteiger charge is -1.97. The Labute approximate surface area is 116 Å². The van der Waals surface area contributed by atoms with E-state index < -0.39 is 0 Å². The van der Waals surface area contributed by atoms with Crippen LogP contribution in [0.2, 0.25) is 0 Å². The van der Waals surface area contributed by atoms with Crippen LogP contribution in [0.3, 0.4) is 0 Å². The molecule has 0 bridgehead atoms. The van der Waals surface area contributed by atoms with Crippen LogP contribution in [0.25, 0.3) is 11.5 Å². The fourth-order valence-electron chi connectivity index (χ4n) is 1.97. The summed E-state index contributed by atoms with van der Waals surface area (Å²) in [5.74, 6) is 1.23. The largest absolute Gasteiger partial charge is 0.508 e. The summed E-state index contributed by atoms with van der Waals surface area (Å²) in [6.07, 6.45) is 0.628. The van der Waals surface area contributed by atoms with Gasteiger partial charge in [0.15, 0.2) is 5.82 Å². The first kappa shape index (κ1) is 12.4. The molecule has 1 aromatic heterocycles. The Hall–Kier alpha value is -2.62. The second kappa shape index (κ2) is 5.17. The van der Waals surface area contributed by atoms with Crippen molar-refractivity contribution in [3.05, 3.63) is 65.5 Å². The van der Waals surface area contributed by atoms with E-state index in [0.717, 1.165) is 5.56 Å². The van der Waals surface area contributed by atoms with Crippen LogP contribution in [0, 0.1) is 6.92 Å². The fraction of sp³-hybridized carbons (Fsp3) is 0.125. The van der Waals surface area contributed by atoms with Gasteiger partial charge < -0.3 is 9.63 Å². The molecule has 0 aliphatic carbocycles. The second-order valence-corrected chi connectivity index (χ2v) is 4.73. The topological polar surface area (TPSA) is 59.2 Å². The highest BCUT2D eigenvalue weighted by atomic mass is 16.5. The van der Waals surface area contributed by atoms with Crippen LogP contribution in [0.5, 0.6) is 5.75 Å². The van der Waals surface area contributed by atoms with Crippen molar-refractivity contribution in [1.82, 2.24) is 10.1 Å². The van der Waals surface area contributed by atoms with Crippen molar-refractivity contribution in [2.45, 2.75) is 13.3 Å². The highest BCUT2D eigenvalue weighted by Gasteiger charge is 2.09. The summed E-state index contributed by atoms with van der Waals surface area (Å²) < 4.78 is 5.23. The van der Waals surface area contributed by atoms with Gasteiger partial charge in [0.25, 0.3) is 5.89 Å². The Morgan fingerprint density at radius 1 is 1.10 bits per heavy atom. The lowest BCUT2D eigenvalue weighted by molar-refractivity contribution is 0.423. The molecule has 0 saturated carbocycles. The van der Waals surface area contributed by atoms with E-state index in [4.69, 9.17) is 4.52 Å². The van der Waals surface area contributed by atoms with Crippen LogP contribution in [0.15, 0.2) is 53.1 Å². The average Bonchev–Trinajstić information content (AvgIpc) is 2.90. The molecular formula is C16H14N2O2. The van der Waals surface area contributed by atoms with E-state index in [-0.39, 0.29) is 5.75 Å². The number of hydrogen-bond acceptors (Lipinski definition) is 4. The van der Waals surface area contributed by atoms with E-state index in [1.165, 1.54) is 5.56 Å². The number of nitrogens with zero attached hydrogens (tertiary/aromatic N) is 2. The average molecular weight is 266 g/mol. The minimum Gasteiger partial charge on any atom is -0.508 e. The molecule has 4 heteroatoms. The molecule has 100 valence electrons. The molecule has 2 aromatic carbocycles. The summed E-state index contributed by atoms with van der Waals surface area (Å²) in [4.78, 5) is 4.35. The Morgan fingerprint density at radius 2 is 1.90 bits per heavy atom. The van der Waals surface area contributed by atoms with Crippen molar-refractivity contribution in [2.75, 3.05) is 0 Å². The quantitative estimate of drug-likeness (QED) is 0.789. The van der Waals surface area contributed by atoms with Crippen molar-refractivity contribution in [2.24, 2.45) is 0 Å². The molecule has 0 atom stereocenters. The monoisotopic (exact) mass is 266 g/mol. The van der Waals surface area contributed by atoms with Gasteiger partial charge in [0.1, 0.15) is 5.75 Å². The van der Waals surface area contributed by atoms with E-state index in [9.17, 15) is 5.11 Å². The third-order valence-electron chi connectivity index (χ3n) is 3.04. The Balaban J connectivity index is 1.82. The number of rotatable bonds is 3. The van der Waals surface area contributed by atoms with Gasteiger partial charge in [-0.1, -0.05) is 41.1 Å². The van der Waals surface area contributed by atoms with Gasteiger partial charge in [-0.3, -0.25) is 0 Å². The molecule has 0 spiro atoms. The minimum atomic E-state index is 0.181. The number of phenols is 1. The molecule has 1 heterocycles. The predicted octanol–water partition coefficient (Wildman–Crippen LogP) is 3.34. The number of phenolic OH excluding ortho intramolecular Hbond substituents is 1. The van der Waals surface area contributed by atoms with E-state index in [1.54, 1.807) is 18.2 Å². The standard InChI is InChI=1S/C16H14N2O2/c1-11-5-7-12(8-6-11)9-15-17-16(20-18-15)13-3-2-4-14(19)10-13/h2-8,10,19H,9H2,1H3. The van der Waals surface area contributed by atoms with Crippen LogP contribution in [0.1, 0.15) is 17.0 Å². The number of aromatic nitrogens is 2. The summed E-state index contributed by atoms with van der Waals surface area (Å²) in [5, 5.41) is 13.4. The van der Waals surface area contributed by atoms with Crippen molar-refractivity contribution in [3.8, 4) is 17.2 Å². The van der Waals surface area contributed by atoms with Gasteiger partial charge in [0, 0.05) is 12.0 Å². The zero-order valence-corrected chi connectivity index (χ0v) is 11.1. The third kappa shape index (κ3) is 2.69. The van der Waals surface area contributed by atoms with E-state index in [1.807, 2.05) is 6.07 Å². The normalized spacial score (nSPS) is 10.7. The van der Waals surface area contributed by atoms with Gasteiger partial charge in [-0.25, -0.2) is 0 Å². The van der Waals surface area contributed by atoms with Gasteiger partial charge in [-0.05, 0) is 30.7 Å². The molecule has 20 heavy (non-hydrogen) atoms. The highest BCUT2D eigenvalue weighted by Crippen LogP contribution is 2.22. The molecule has 1 N–H and O–H groups in total. The smallest absolute Gasteiger partial charge is 0.258 e. The van der Waals surface area contributed by atoms with Crippen LogP contribution in [-0.4, -0.2) is 15.2 Å². The maximum absolute atomic E-state index is 9.45. The number of aryl methyl sites for hydroxylation is 1. The maximum Gasteiger partial charge on any atom is 0.258 e. The lowest BCUT2D eigenvalue weighted by Crippen LogP contribution is -1.90. The molecule has 3 rings (SSSR count). The SMILES string of the molecule is Cc1ccc(Cc2noc(-c3cccc(O)c3)n2)cc1. The first-order valence-corrected chi connectivity index (χ1v) is 6.38. The molecule has 0 amide bonds. The maximum atomic E-state index is 9.45. The predicted molar refractivity (Wildman–Crippen MR) is 75.4 cm³/mol.